The summed E-state index contributed by atoms with van der Waals surface area (Å²) in [5.41, 5.74) is 2.47. The lowest BCUT2D eigenvalue weighted by Gasteiger charge is -2.08. The van der Waals surface area contributed by atoms with Crippen molar-refractivity contribution in [3.8, 4) is 5.75 Å². The van der Waals surface area contributed by atoms with E-state index >= 15 is 0 Å². The summed E-state index contributed by atoms with van der Waals surface area (Å²) in [6.45, 7) is 1.79. The van der Waals surface area contributed by atoms with Crippen molar-refractivity contribution in [2.45, 2.75) is 13.3 Å². The van der Waals surface area contributed by atoms with Gasteiger partial charge in [-0.15, -0.1) is 0 Å². The number of methoxy groups -OCH3 is 2. The summed E-state index contributed by atoms with van der Waals surface area (Å²) in [5.74, 6) is -0.113. The van der Waals surface area contributed by atoms with Crippen molar-refractivity contribution in [2.75, 3.05) is 14.2 Å². The molecule has 0 saturated heterocycles. The van der Waals surface area contributed by atoms with E-state index in [0.717, 1.165) is 0 Å². The van der Waals surface area contributed by atoms with Crippen molar-refractivity contribution < 1.29 is 19.1 Å². The Morgan fingerprint density at radius 1 is 1.08 bits per heavy atom. The monoisotopic (exact) mass is 371 g/mol. The van der Waals surface area contributed by atoms with Crippen LogP contribution in [0.4, 0.5) is 0 Å². The van der Waals surface area contributed by atoms with Crippen LogP contribution in [0.5, 0.6) is 5.75 Å². The number of halogens is 1. The first-order valence-corrected chi connectivity index (χ1v) is 8.40. The molecule has 0 fully saturated rings. The fourth-order valence-electron chi connectivity index (χ4n) is 3.08. The van der Waals surface area contributed by atoms with Crippen molar-refractivity contribution in [3.63, 3.8) is 0 Å². The highest BCUT2D eigenvalue weighted by Crippen LogP contribution is 2.38. The van der Waals surface area contributed by atoms with Gasteiger partial charge in [-0.3, -0.25) is 14.2 Å². The number of carbonyl (C=O) groups excluding carboxylic acids is 2. The van der Waals surface area contributed by atoms with Gasteiger partial charge in [-0.05, 0) is 36.8 Å². The SMILES string of the molecule is COC(=O)Cc1c(C)n(C(=O)c2ccccc2)c2ccc(OC)c(Cl)c12. The van der Waals surface area contributed by atoms with Crippen LogP contribution in [0.25, 0.3) is 10.9 Å². The van der Waals surface area contributed by atoms with Crippen LogP contribution in [0.3, 0.4) is 0 Å². The maximum absolute atomic E-state index is 13.1. The average molecular weight is 372 g/mol. The highest BCUT2D eigenvalue weighted by Gasteiger charge is 2.24. The molecule has 0 amide bonds. The van der Waals surface area contributed by atoms with E-state index in [9.17, 15) is 9.59 Å². The Bertz CT molecular complexity index is 992. The smallest absolute Gasteiger partial charge is 0.310 e. The number of hydrogen-bond acceptors (Lipinski definition) is 4. The number of nitrogens with zero attached hydrogens (tertiary/aromatic N) is 1. The minimum atomic E-state index is -0.404. The van der Waals surface area contributed by atoms with Gasteiger partial charge in [-0.1, -0.05) is 29.8 Å². The van der Waals surface area contributed by atoms with Crippen LogP contribution >= 0.6 is 11.6 Å². The van der Waals surface area contributed by atoms with E-state index in [4.69, 9.17) is 21.1 Å². The molecule has 0 N–H and O–H groups in total. The number of hydrogen-bond donors (Lipinski definition) is 0. The molecule has 1 aromatic heterocycles. The number of benzene rings is 2. The highest BCUT2D eigenvalue weighted by molar-refractivity contribution is 6.37. The standard InChI is InChI=1S/C20H18ClNO4/c1-12-14(11-17(23)26-3)18-15(9-10-16(25-2)19(18)21)22(12)20(24)13-7-5-4-6-8-13/h4-10H,11H2,1-3H3. The zero-order valence-corrected chi connectivity index (χ0v) is 15.5. The first kappa shape index (κ1) is 18.0. The molecule has 0 unspecified atom stereocenters. The molecule has 5 nitrogen and oxygen atoms in total. The van der Waals surface area contributed by atoms with Gasteiger partial charge in [-0.2, -0.15) is 0 Å². The molecule has 0 atom stereocenters. The molecule has 0 aliphatic heterocycles. The van der Waals surface area contributed by atoms with Gasteiger partial charge in [0.15, 0.2) is 0 Å². The third-order valence-electron chi connectivity index (χ3n) is 4.39. The van der Waals surface area contributed by atoms with Crippen LogP contribution in [0.1, 0.15) is 21.6 Å². The van der Waals surface area contributed by atoms with Crippen LogP contribution in [0.2, 0.25) is 5.02 Å². The van der Waals surface area contributed by atoms with E-state index in [2.05, 4.69) is 0 Å². The van der Waals surface area contributed by atoms with E-state index in [0.29, 0.717) is 38.5 Å². The summed E-state index contributed by atoms with van der Waals surface area (Å²) in [6.07, 6.45) is 0.0147. The Kier molecular flexibility index (Phi) is 5.00. The van der Waals surface area contributed by atoms with Crippen LogP contribution in [-0.4, -0.2) is 30.7 Å². The van der Waals surface area contributed by atoms with Gasteiger partial charge in [0.05, 0.1) is 31.2 Å². The summed E-state index contributed by atoms with van der Waals surface area (Å²) < 4.78 is 11.7. The first-order valence-electron chi connectivity index (χ1n) is 8.02. The normalized spacial score (nSPS) is 10.8. The molecule has 1 heterocycles. The zero-order valence-electron chi connectivity index (χ0n) is 14.7. The second-order valence-electron chi connectivity index (χ2n) is 5.80. The number of aromatic nitrogens is 1. The molecule has 0 aliphatic rings. The molecular weight excluding hydrogens is 354 g/mol. The molecule has 3 aromatic rings. The first-order chi connectivity index (χ1) is 12.5. The molecule has 0 bridgehead atoms. The van der Waals surface area contributed by atoms with Gasteiger partial charge in [0, 0.05) is 16.6 Å². The average Bonchev–Trinajstić information content (AvgIpc) is 2.94. The van der Waals surface area contributed by atoms with Crippen LogP contribution in [0.15, 0.2) is 42.5 Å². The lowest BCUT2D eigenvalue weighted by atomic mass is 10.1. The Hall–Kier alpha value is -2.79. The minimum absolute atomic E-state index is 0.0147. The number of carbonyl (C=O) groups is 2. The van der Waals surface area contributed by atoms with Crippen LogP contribution in [-0.2, 0) is 16.0 Å². The summed E-state index contributed by atoms with van der Waals surface area (Å²) in [7, 11) is 2.85. The lowest BCUT2D eigenvalue weighted by molar-refractivity contribution is -0.139. The molecule has 0 radical (unpaired) electrons. The fourth-order valence-corrected chi connectivity index (χ4v) is 3.43. The molecule has 0 spiro atoms. The number of rotatable bonds is 4. The zero-order chi connectivity index (χ0) is 18.8. The van der Waals surface area contributed by atoms with Crippen molar-refractivity contribution in [3.05, 3.63) is 64.3 Å². The largest absolute Gasteiger partial charge is 0.495 e. The molecule has 2 aromatic carbocycles. The molecule has 0 saturated carbocycles. The van der Waals surface area contributed by atoms with Crippen molar-refractivity contribution in [1.29, 1.82) is 0 Å². The Labute approximate surface area is 156 Å². The second kappa shape index (κ2) is 7.22. The van der Waals surface area contributed by atoms with Gasteiger partial charge in [0.2, 0.25) is 0 Å². The Morgan fingerprint density at radius 3 is 2.38 bits per heavy atom. The third kappa shape index (κ3) is 2.95. The number of ether oxygens (including phenoxy) is 2. The van der Waals surface area contributed by atoms with E-state index < -0.39 is 5.97 Å². The number of fused-ring (bicyclic) bond motifs is 1. The maximum Gasteiger partial charge on any atom is 0.310 e. The molecule has 26 heavy (non-hydrogen) atoms. The van der Waals surface area contributed by atoms with Crippen LogP contribution in [0, 0.1) is 6.92 Å². The predicted molar refractivity (Wildman–Crippen MR) is 100 cm³/mol. The quantitative estimate of drug-likeness (QED) is 0.650. The highest BCUT2D eigenvalue weighted by atomic mass is 35.5. The van der Waals surface area contributed by atoms with Gasteiger partial charge in [-0.25, -0.2) is 0 Å². The summed E-state index contributed by atoms with van der Waals surface area (Å²) >= 11 is 6.51. The van der Waals surface area contributed by atoms with Gasteiger partial charge >= 0.3 is 5.97 Å². The van der Waals surface area contributed by atoms with Crippen LogP contribution < -0.4 is 4.74 Å². The van der Waals surface area contributed by atoms with Crippen molar-refractivity contribution in [2.24, 2.45) is 0 Å². The molecular formula is C20H18ClNO4. The van der Waals surface area contributed by atoms with Crippen molar-refractivity contribution >= 4 is 34.4 Å². The maximum atomic E-state index is 13.1. The van der Waals surface area contributed by atoms with E-state index in [1.54, 1.807) is 47.9 Å². The van der Waals surface area contributed by atoms with Gasteiger partial charge in [0.1, 0.15) is 5.75 Å². The fraction of sp³-hybridized carbons (Fsp3) is 0.200. The Balaban J connectivity index is 2.30. The summed E-state index contributed by atoms with van der Waals surface area (Å²) in [5, 5.41) is 0.991. The predicted octanol–water partition coefficient (Wildman–Crippen LogP) is 4.02. The van der Waals surface area contributed by atoms with E-state index in [-0.39, 0.29) is 12.3 Å². The van der Waals surface area contributed by atoms with Gasteiger partial charge < -0.3 is 9.47 Å². The lowest BCUT2D eigenvalue weighted by Crippen LogP contribution is -2.14. The van der Waals surface area contributed by atoms with Crippen molar-refractivity contribution in [1.82, 2.24) is 4.57 Å². The third-order valence-corrected chi connectivity index (χ3v) is 4.77. The Morgan fingerprint density at radius 2 is 1.77 bits per heavy atom. The molecule has 134 valence electrons. The molecule has 3 rings (SSSR count). The molecule has 6 heteroatoms. The molecule has 0 aliphatic carbocycles. The summed E-state index contributed by atoms with van der Waals surface area (Å²) in [4.78, 5) is 25.0. The second-order valence-corrected chi connectivity index (χ2v) is 6.18. The minimum Gasteiger partial charge on any atom is -0.495 e. The topological polar surface area (TPSA) is 57.5 Å². The number of esters is 1. The summed E-state index contributed by atoms with van der Waals surface area (Å²) in [6, 6.07) is 12.4. The van der Waals surface area contributed by atoms with E-state index in [1.807, 2.05) is 6.07 Å². The van der Waals surface area contributed by atoms with Gasteiger partial charge in [0.25, 0.3) is 5.91 Å². The van der Waals surface area contributed by atoms with E-state index in [1.165, 1.54) is 14.2 Å².